The van der Waals surface area contributed by atoms with Gasteiger partial charge in [0.05, 0.1) is 12.9 Å². The number of nitrogen functional groups attached to an aromatic ring is 1. The van der Waals surface area contributed by atoms with Gasteiger partial charge in [0, 0.05) is 0 Å². The van der Waals surface area contributed by atoms with E-state index in [0.29, 0.717) is 5.52 Å². The Hall–Kier alpha value is -1.90. The van der Waals surface area contributed by atoms with Gasteiger partial charge >= 0.3 is 7.82 Å². The minimum atomic E-state index is -4.72. The molecular formula is C10H26N5O13P. The quantitative estimate of drug-likeness (QED) is 0.269. The maximum atomic E-state index is 10.7. The molecule has 4 unspecified atom stereocenters. The third-order valence-electron chi connectivity index (χ3n) is 3.41. The zero-order chi connectivity index (χ0) is 16.8. The number of anilines is 1. The van der Waals surface area contributed by atoms with E-state index in [9.17, 15) is 14.8 Å². The third kappa shape index (κ3) is 6.83. The summed E-state index contributed by atoms with van der Waals surface area (Å²) >= 11 is 0. The monoisotopic (exact) mass is 455 g/mol. The summed E-state index contributed by atoms with van der Waals surface area (Å²) < 4.78 is 21.8. The summed E-state index contributed by atoms with van der Waals surface area (Å²) in [6.45, 7) is -0.594. The van der Waals surface area contributed by atoms with E-state index in [1.165, 1.54) is 17.2 Å². The summed E-state index contributed by atoms with van der Waals surface area (Å²) in [4.78, 5) is 29.2. The second-order valence-electron chi connectivity index (χ2n) is 4.92. The summed E-state index contributed by atoms with van der Waals surface area (Å²) in [5, 5.41) is 20.1. The molecule has 0 aromatic carbocycles. The van der Waals surface area contributed by atoms with Crippen LogP contribution >= 0.6 is 7.82 Å². The van der Waals surface area contributed by atoms with Crippen molar-refractivity contribution in [3.8, 4) is 0 Å². The molecule has 19 heteroatoms. The molecule has 0 radical (unpaired) electrons. The number of aliphatic hydroxyl groups excluding tert-OH is 2. The summed E-state index contributed by atoms with van der Waals surface area (Å²) in [6.07, 6.45) is -2.49. The molecular weight excluding hydrogens is 429 g/mol. The molecule has 29 heavy (non-hydrogen) atoms. The van der Waals surface area contributed by atoms with Gasteiger partial charge in [-0.2, -0.15) is 0 Å². The van der Waals surface area contributed by atoms with Gasteiger partial charge in [-0.1, -0.05) is 0 Å². The Bertz CT molecular complexity index is 772. The average molecular weight is 455 g/mol. The van der Waals surface area contributed by atoms with Crippen LogP contribution in [0.15, 0.2) is 12.7 Å². The molecule has 2 aromatic heterocycles. The van der Waals surface area contributed by atoms with Gasteiger partial charge in [-0.3, -0.25) is 9.09 Å². The molecule has 3 rings (SSSR count). The number of imidazole rings is 1. The molecule has 18 N–H and O–H groups in total. The summed E-state index contributed by atoms with van der Waals surface area (Å²) in [7, 11) is -4.72. The van der Waals surface area contributed by atoms with E-state index in [1.807, 2.05) is 0 Å². The van der Waals surface area contributed by atoms with Gasteiger partial charge in [-0.05, 0) is 0 Å². The fourth-order valence-corrected chi connectivity index (χ4v) is 2.66. The summed E-state index contributed by atoms with van der Waals surface area (Å²) in [5.74, 6) is 0.142. The minimum Gasteiger partial charge on any atom is -0.412 e. The molecule has 174 valence electrons. The highest BCUT2D eigenvalue weighted by Crippen LogP contribution is 2.38. The number of aromatic nitrogens is 4. The number of hydrogen-bond donors (Lipinski definition) is 5. The highest BCUT2D eigenvalue weighted by Gasteiger charge is 2.45. The zero-order valence-electron chi connectivity index (χ0n) is 14.5. The Morgan fingerprint density at radius 2 is 1.66 bits per heavy atom. The van der Waals surface area contributed by atoms with Gasteiger partial charge in [0.1, 0.15) is 30.2 Å². The predicted octanol–water partition coefficient (Wildman–Crippen LogP) is -6.81. The number of fused-ring (bicyclic) bond motifs is 1. The molecule has 0 bridgehead atoms. The van der Waals surface area contributed by atoms with Gasteiger partial charge in [0.25, 0.3) is 0 Å². The number of ether oxygens (including phenoxy) is 1. The van der Waals surface area contributed by atoms with Crippen LogP contribution < -0.4 is 5.73 Å². The van der Waals surface area contributed by atoms with Gasteiger partial charge in [0.15, 0.2) is 17.7 Å². The predicted molar refractivity (Wildman–Crippen MR) is 95.3 cm³/mol. The van der Waals surface area contributed by atoms with E-state index in [0.717, 1.165) is 0 Å². The van der Waals surface area contributed by atoms with Crippen LogP contribution in [0.3, 0.4) is 0 Å². The van der Waals surface area contributed by atoms with Crippen LogP contribution in [-0.4, -0.2) is 97.3 Å². The van der Waals surface area contributed by atoms with Crippen molar-refractivity contribution >= 4 is 24.8 Å². The number of nitrogens with two attached hydrogens (primary N) is 1. The van der Waals surface area contributed by atoms with Gasteiger partial charge in [-0.25, -0.2) is 19.5 Å². The topological polar surface area (TPSA) is 375 Å². The fraction of sp³-hybridized carbons (Fsp3) is 0.500. The standard InChI is InChI=1S/C10H14N5O7P.6H2O/c11-8-5-9(13-2-12-8)15(3-14-5)10-7(17)6(16)4(22-10)1-21-23(18,19)20;;;;;;/h2-4,6-7,10,16-17H,1H2,(H2,11,12,13)(H2,18,19,20);6*1H2. The fourth-order valence-electron chi connectivity index (χ4n) is 2.32. The number of nitrogens with zero attached hydrogens (tertiary/aromatic N) is 4. The Labute approximate surface area is 161 Å². The van der Waals surface area contributed by atoms with Crippen molar-refractivity contribution in [2.45, 2.75) is 24.5 Å². The Morgan fingerprint density at radius 1 is 1.07 bits per heavy atom. The lowest BCUT2D eigenvalue weighted by Crippen LogP contribution is -2.33. The molecule has 18 nitrogen and oxygen atoms in total. The van der Waals surface area contributed by atoms with Crippen LogP contribution in [0.25, 0.3) is 11.2 Å². The maximum absolute atomic E-state index is 10.7. The van der Waals surface area contributed by atoms with Crippen molar-refractivity contribution in [1.29, 1.82) is 0 Å². The van der Waals surface area contributed by atoms with Crippen molar-refractivity contribution in [2.75, 3.05) is 12.3 Å². The summed E-state index contributed by atoms with van der Waals surface area (Å²) in [5.41, 5.74) is 6.25. The van der Waals surface area contributed by atoms with Crippen molar-refractivity contribution in [1.82, 2.24) is 19.5 Å². The van der Waals surface area contributed by atoms with Gasteiger partial charge in [-0.15, -0.1) is 0 Å². The van der Waals surface area contributed by atoms with E-state index in [-0.39, 0.29) is 44.3 Å². The van der Waals surface area contributed by atoms with Crippen LogP contribution in [0, 0.1) is 0 Å². The van der Waals surface area contributed by atoms with Crippen molar-refractivity contribution in [3.63, 3.8) is 0 Å². The second kappa shape index (κ2) is 12.6. The largest absolute Gasteiger partial charge is 0.469 e. The van der Waals surface area contributed by atoms with Gasteiger partial charge in [0.2, 0.25) is 0 Å². The van der Waals surface area contributed by atoms with Crippen molar-refractivity contribution in [2.24, 2.45) is 0 Å². The van der Waals surface area contributed by atoms with E-state index in [1.54, 1.807) is 0 Å². The van der Waals surface area contributed by atoms with Crippen LogP contribution in [0.5, 0.6) is 0 Å². The number of phosphoric acid groups is 1. The highest BCUT2D eigenvalue weighted by atomic mass is 31.2. The molecule has 0 amide bonds. The van der Waals surface area contributed by atoms with Crippen LogP contribution in [-0.2, 0) is 13.8 Å². The average Bonchev–Trinajstić information content (AvgIpc) is 3.01. The SMILES string of the molecule is Nc1ncnc2c1ncn2C1OC(COP(=O)(O)O)C(O)C1O.O.O.O.O.O.O. The first-order valence-electron chi connectivity index (χ1n) is 6.42. The Balaban J connectivity index is -0.000000521. The number of phosphoric ester groups is 1. The molecule has 0 spiro atoms. The number of rotatable bonds is 4. The lowest BCUT2D eigenvalue weighted by atomic mass is 10.1. The molecule has 1 aliphatic heterocycles. The molecule has 1 saturated heterocycles. The molecule has 2 aromatic rings. The second-order valence-corrected chi connectivity index (χ2v) is 6.15. The first-order chi connectivity index (χ1) is 10.8. The van der Waals surface area contributed by atoms with Crippen LogP contribution in [0.1, 0.15) is 6.23 Å². The van der Waals surface area contributed by atoms with Crippen molar-refractivity contribution in [3.05, 3.63) is 12.7 Å². The number of hydrogen-bond acceptors (Lipinski definition) is 9. The van der Waals surface area contributed by atoms with Gasteiger partial charge < -0.3 is 63.3 Å². The van der Waals surface area contributed by atoms with E-state index in [2.05, 4.69) is 19.5 Å². The Morgan fingerprint density at radius 3 is 2.21 bits per heavy atom. The first kappa shape index (κ1) is 34.6. The normalized spacial score (nSPS) is 22.6. The van der Waals surface area contributed by atoms with E-state index < -0.39 is 39.0 Å². The molecule has 4 atom stereocenters. The van der Waals surface area contributed by atoms with Crippen LogP contribution in [0.4, 0.5) is 5.82 Å². The lowest BCUT2D eigenvalue weighted by Gasteiger charge is -2.16. The Kier molecular flexibility index (Phi) is 15.1. The maximum Gasteiger partial charge on any atom is 0.469 e. The smallest absolute Gasteiger partial charge is 0.412 e. The molecule has 3 heterocycles. The third-order valence-corrected chi connectivity index (χ3v) is 3.89. The van der Waals surface area contributed by atoms with E-state index >= 15 is 0 Å². The minimum absolute atomic E-state index is 0. The molecule has 0 saturated carbocycles. The highest BCUT2D eigenvalue weighted by molar-refractivity contribution is 7.46. The number of aliphatic hydroxyl groups is 2. The van der Waals surface area contributed by atoms with Crippen molar-refractivity contribution < 1.29 is 66.7 Å². The lowest BCUT2D eigenvalue weighted by molar-refractivity contribution is -0.0504. The molecule has 1 aliphatic rings. The first-order valence-corrected chi connectivity index (χ1v) is 7.95. The summed E-state index contributed by atoms with van der Waals surface area (Å²) in [6, 6.07) is 0. The zero-order valence-corrected chi connectivity index (χ0v) is 15.4. The molecule has 1 fully saturated rings. The molecule has 0 aliphatic carbocycles. The van der Waals surface area contributed by atoms with Crippen LogP contribution in [0.2, 0.25) is 0 Å². The van der Waals surface area contributed by atoms with E-state index in [4.69, 9.17) is 20.3 Å².